The Kier molecular flexibility index (Phi) is 6.54. The SMILES string of the molecule is NC1CCCC(C(=O)Nc2ccc(Cl)c(C(=O)NC3CCCCC3)c2)C1. The number of amides is 2. The van der Waals surface area contributed by atoms with Gasteiger partial charge in [0.25, 0.3) is 5.91 Å². The van der Waals surface area contributed by atoms with Crippen LogP contribution < -0.4 is 16.4 Å². The van der Waals surface area contributed by atoms with Gasteiger partial charge < -0.3 is 16.4 Å². The Bertz CT molecular complexity index is 658. The van der Waals surface area contributed by atoms with Gasteiger partial charge in [0.05, 0.1) is 10.6 Å². The zero-order valence-corrected chi connectivity index (χ0v) is 15.9. The third-order valence-electron chi connectivity index (χ3n) is 5.50. The number of nitrogens with one attached hydrogen (secondary N) is 2. The van der Waals surface area contributed by atoms with E-state index in [1.807, 2.05) is 0 Å². The first-order valence-corrected chi connectivity index (χ1v) is 10.1. The number of halogens is 1. The fraction of sp³-hybridized carbons (Fsp3) is 0.600. The maximum absolute atomic E-state index is 12.6. The van der Waals surface area contributed by atoms with E-state index in [9.17, 15) is 9.59 Å². The van der Waals surface area contributed by atoms with E-state index < -0.39 is 0 Å². The van der Waals surface area contributed by atoms with E-state index in [0.29, 0.717) is 22.7 Å². The second-order valence-electron chi connectivity index (χ2n) is 7.62. The van der Waals surface area contributed by atoms with E-state index in [2.05, 4.69) is 10.6 Å². The summed E-state index contributed by atoms with van der Waals surface area (Å²) in [5.74, 6) is -0.257. The molecule has 142 valence electrons. The first-order valence-electron chi connectivity index (χ1n) is 9.70. The van der Waals surface area contributed by atoms with Crippen molar-refractivity contribution in [2.75, 3.05) is 5.32 Å². The summed E-state index contributed by atoms with van der Waals surface area (Å²) in [6.45, 7) is 0. The van der Waals surface area contributed by atoms with Crippen LogP contribution in [-0.4, -0.2) is 23.9 Å². The fourth-order valence-corrected chi connectivity index (χ4v) is 4.20. The number of hydrogen-bond donors (Lipinski definition) is 3. The predicted octanol–water partition coefficient (Wildman–Crippen LogP) is 3.86. The van der Waals surface area contributed by atoms with E-state index in [1.54, 1.807) is 18.2 Å². The van der Waals surface area contributed by atoms with Crippen molar-refractivity contribution in [1.82, 2.24) is 5.32 Å². The van der Waals surface area contributed by atoms with Crippen molar-refractivity contribution >= 4 is 29.1 Å². The summed E-state index contributed by atoms with van der Waals surface area (Å²) in [4.78, 5) is 25.1. The number of rotatable bonds is 4. The maximum Gasteiger partial charge on any atom is 0.253 e. The van der Waals surface area contributed by atoms with Crippen molar-refractivity contribution in [3.8, 4) is 0 Å². The topological polar surface area (TPSA) is 84.2 Å². The molecule has 3 rings (SSSR count). The first kappa shape index (κ1) is 19.2. The molecule has 2 unspecified atom stereocenters. The van der Waals surface area contributed by atoms with Gasteiger partial charge in [0.15, 0.2) is 0 Å². The molecule has 4 N–H and O–H groups in total. The molecule has 2 atom stereocenters. The highest BCUT2D eigenvalue weighted by Crippen LogP contribution is 2.26. The van der Waals surface area contributed by atoms with Crippen LogP contribution in [0.15, 0.2) is 18.2 Å². The number of nitrogens with two attached hydrogens (primary N) is 1. The maximum atomic E-state index is 12.6. The van der Waals surface area contributed by atoms with Gasteiger partial charge in [-0.15, -0.1) is 0 Å². The lowest BCUT2D eigenvalue weighted by atomic mass is 9.85. The van der Waals surface area contributed by atoms with Gasteiger partial charge in [0, 0.05) is 23.7 Å². The molecule has 0 spiro atoms. The van der Waals surface area contributed by atoms with Gasteiger partial charge in [-0.1, -0.05) is 37.3 Å². The molecule has 0 aromatic heterocycles. The molecule has 2 aliphatic rings. The van der Waals surface area contributed by atoms with Crippen LogP contribution in [0.4, 0.5) is 5.69 Å². The Labute approximate surface area is 160 Å². The lowest BCUT2D eigenvalue weighted by molar-refractivity contribution is -0.120. The molecular formula is C20H28ClN3O2. The monoisotopic (exact) mass is 377 g/mol. The third kappa shape index (κ3) is 4.98. The molecule has 2 fully saturated rings. The Hall–Kier alpha value is -1.59. The van der Waals surface area contributed by atoms with Gasteiger partial charge in [-0.2, -0.15) is 0 Å². The summed E-state index contributed by atoms with van der Waals surface area (Å²) >= 11 is 6.22. The molecule has 0 aliphatic heterocycles. The van der Waals surface area contributed by atoms with Crippen LogP contribution >= 0.6 is 11.6 Å². The summed E-state index contributed by atoms with van der Waals surface area (Å²) in [6.07, 6.45) is 9.11. The minimum absolute atomic E-state index is 0.0267. The first-order chi connectivity index (χ1) is 12.5. The zero-order valence-electron chi connectivity index (χ0n) is 15.1. The number of benzene rings is 1. The highest BCUT2D eigenvalue weighted by Gasteiger charge is 2.26. The second kappa shape index (κ2) is 8.87. The van der Waals surface area contributed by atoms with Crippen LogP contribution in [-0.2, 0) is 4.79 Å². The Morgan fingerprint density at radius 2 is 1.81 bits per heavy atom. The Morgan fingerprint density at radius 1 is 1.04 bits per heavy atom. The van der Waals surface area contributed by atoms with Crippen LogP contribution in [0.5, 0.6) is 0 Å². The highest BCUT2D eigenvalue weighted by atomic mass is 35.5. The number of carbonyl (C=O) groups excluding carboxylic acids is 2. The molecule has 6 heteroatoms. The van der Waals surface area contributed by atoms with Crippen molar-refractivity contribution in [3.05, 3.63) is 28.8 Å². The molecule has 0 bridgehead atoms. The Balaban J connectivity index is 1.64. The van der Waals surface area contributed by atoms with Gasteiger partial charge in [-0.05, 0) is 50.3 Å². The van der Waals surface area contributed by atoms with Crippen molar-refractivity contribution in [2.45, 2.75) is 69.9 Å². The molecule has 1 aromatic rings. The third-order valence-corrected chi connectivity index (χ3v) is 5.83. The summed E-state index contributed by atoms with van der Waals surface area (Å²) in [5, 5.41) is 6.40. The zero-order chi connectivity index (χ0) is 18.5. The van der Waals surface area contributed by atoms with E-state index in [0.717, 1.165) is 44.9 Å². The smallest absolute Gasteiger partial charge is 0.253 e. The predicted molar refractivity (Wildman–Crippen MR) is 104 cm³/mol. The van der Waals surface area contributed by atoms with Gasteiger partial charge >= 0.3 is 0 Å². The van der Waals surface area contributed by atoms with Crippen LogP contribution in [0.1, 0.15) is 68.1 Å². The molecule has 0 heterocycles. The van der Waals surface area contributed by atoms with Crippen LogP contribution in [0.25, 0.3) is 0 Å². The van der Waals surface area contributed by atoms with Crippen molar-refractivity contribution < 1.29 is 9.59 Å². The second-order valence-corrected chi connectivity index (χ2v) is 8.02. The van der Waals surface area contributed by atoms with Gasteiger partial charge in [-0.25, -0.2) is 0 Å². The molecule has 0 saturated heterocycles. The lowest BCUT2D eigenvalue weighted by Crippen LogP contribution is -2.36. The van der Waals surface area contributed by atoms with Crippen LogP contribution in [0.3, 0.4) is 0 Å². The quantitative estimate of drug-likeness (QED) is 0.744. The summed E-state index contributed by atoms with van der Waals surface area (Å²) in [5.41, 5.74) is 6.99. The summed E-state index contributed by atoms with van der Waals surface area (Å²) < 4.78 is 0. The number of carbonyl (C=O) groups is 2. The highest BCUT2D eigenvalue weighted by molar-refractivity contribution is 6.34. The standard InChI is InChI=1S/C20H28ClN3O2/c21-18-10-9-16(24-19(25)13-5-4-6-14(22)11-13)12-17(18)20(26)23-15-7-2-1-3-8-15/h9-10,12-15H,1-8,11,22H2,(H,23,26)(H,24,25). The molecule has 2 amide bonds. The molecule has 5 nitrogen and oxygen atoms in total. The minimum Gasteiger partial charge on any atom is -0.349 e. The molecule has 1 aromatic carbocycles. The Morgan fingerprint density at radius 3 is 2.54 bits per heavy atom. The van der Waals surface area contributed by atoms with Crippen molar-refractivity contribution in [3.63, 3.8) is 0 Å². The number of hydrogen-bond acceptors (Lipinski definition) is 3. The average Bonchev–Trinajstić information content (AvgIpc) is 2.64. The van der Waals surface area contributed by atoms with E-state index in [-0.39, 0.29) is 29.8 Å². The lowest BCUT2D eigenvalue weighted by Gasteiger charge is -2.26. The van der Waals surface area contributed by atoms with Crippen molar-refractivity contribution in [2.24, 2.45) is 11.7 Å². The van der Waals surface area contributed by atoms with Gasteiger partial charge in [0.2, 0.25) is 5.91 Å². The molecule has 2 aliphatic carbocycles. The molecule has 26 heavy (non-hydrogen) atoms. The molecular weight excluding hydrogens is 350 g/mol. The minimum atomic E-state index is -0.169. The van der Waals surface area contributed by atoms with E-state index >= 15 is 0 Å². The molecule has 2 saturated carbocycles. The van der Waals surface area contributed by atoms with Gasteiger partial charge in [0.1, 0.15) is 0 Å². The molecule has 0 radical (unpaired) electrons. The largest absolute Gasteiger partial charge is 0.349 e. The van der Waals surface area contributed by atoms with Crippen molar-refractivity contribution in [1.29, 1.82) is 0 Å². The van der Waals surface area contributed by atoms with Crippen LogP contribution in [0, 0.1) is 5.92 Å². The average molecular weight is 378 g/mol. The van der Waals surface area contributed by atoms with Crippen LogP contribution in [0.2, 0.25) is 5.02 Å². The number of anilines is 1. The summed E-state index contributed by atoms with van der Waals surface area (Å²) in [6, 6.07) is 5.39. The van der Waals surface area contributed by atoms with E-state index in [1.165, 1.54) is 6.42 Å². The fourth-order valence-electron chi connectivity index (χ4n) is 4.00. The van der Waals surface area contributed by atoms with E-state index in [4.69, 9.17) is 17.3 Å². The van der Waals surface area contributed by atoms with Gasteiger partial charge in [-0.3, -0.25) is 9.59 Å². The normalized spacial score (nSPS) is 24.1. The summed E-state index contributed by atoms with van der Waals surface area (Å²) in [7, 11) is 0.